The number of rotatable bonds is 2. The summed E-state index contributed by atoms with van der Waals surface area (Å²) in [5.41, 5.74) is 0. The molecule has 0 spiro atoms. The number of nitrogens with zero attached hydrogens (tertiary/aromatic N) is 1. The minimum atomic E-state index is -0.312. The third kappa shape index (κ3) is 9.46. The van der Waals surface area contributed by atoms with E-state index in [9.17, 15) is 4.79 Å². The predicted molar refractivity (Wildman–Crippen MR) is 39.2 cm³/mol. The number of carbonyl (C=O) groups excluding carboxylic acids is 1. The molecule has 0 atom stereocenters. The average molecular weight is 180 g/mol. The second kappa shape index (κ2) is 5.16. The molecule has 0 aliphatic heterocycles. The van der Waals surface area contributed by atoms with Gasteiger partial charge in [-0.1, -0.05) is 0 Å². The van der Waals surface area contributed by atoms with Crippen molar-refractivity contribution in [2.75, 3.05) is 28.3 Å². The predicted octanol–water partition coefficient (Wildman–Crippen LogP) is -2.62. The zero-order valence-corrected chi connectivity index (χ0v) is 8.05. The zero-order chi connectivity index (χ0) is 8.20. The van der Waals surface area contributed by atoms with Gasteiger partial charge in [0.15, 0.2) is 0 Å². The maximum atomic E-state index is 10.5. The van der Waals surface area contributed by atoms with Crippen LogP contribution in [-0.2, 0) is 9.53 Å². The van der Waals surface area contributed by atoms with Crippen LogP contribution in [-0.4, -0.2) is 38.7 Å². The second-order valence-corrected chi connectivity index (χ2v) is 2.96. The van der Waals surface area contributed by atoms with E-state index in [2.05, 4.69) is 4.74 Å². The van der Waals surface area contributed by atoms with Crippen molar-refractivity contribution in [3.05, 3.63) is 12.3 Å². The molecular weight excluding hydrogens is 166 g/mol. The Morgan fingerprint density at radius 3 is 2.09 bits per heavy atom. The van der Waals surface area contributed by atoms with Crippen LogP contribution in [0.1, 0.15) is 0 Å². The van der Waals surface area contributed by atoms with E-state index < -0.39 is 0 Å². The normalized spacial score (nSPS) is 10.9. The lowest BCUT2D eigenvalue weighted by Crippen LogP contribution is -3.00. The fourth-order valence-electron chi connectivity index (χ4n) is 0.353. The summed E-state index contributed by atoms with van der Waals surface area (Å²) in [5, 5.41) is 0. The van der Waals surface area contributed by atoms with Crippen LogP contribution in [0.4, 0.5) is 0 Å². The molecule has 11 heavy (non-hydrogen) atoms. The lowest BCUT2D eigenvalue weighted by Gasteiger charge is -2.16. The summed E-state index contributed by atoms with van der Waals surface area (Å²) in [4.78, 5) is 10.5. The molecule has 66 valence electrons. The third-order valence-electron chi connectivity index (χ3n) is 0.859. The first-order valence-corrected chi connectivity index (χ1v) is 3.04. The summed E-state index contributed by atoms with van der Waals surface area (Å²) in [6, 6.07) is 0. The number of ether oxygens (including phenoxy) is 1. The third-order valence-corrected chi connectivity index (χ3v) is 0.859. The van der Waals surface area contributed by atoms with Gasteiger partial charge in [-0.25, -0.2) is 4.79 Å². The molecule has 0 aromatic rings. The Balaban J connectivity index is 0. The average Bonchev–Trinajstić information content (AvgIpc) is 1.81. The van der Waals surface area contributed by atoms with Gasteiger partial charge in [-0.05, 0) is 0 Å². The molecule has 0 aliphatic carbocycles. The van der Waals surface area contributed by atoms with Crippen molar-refractivity contribution in [3.8, 4) is 0 Å². The van der Waals surface area contributed by atoms with Crippen molar-refractivity contribution in [1.82, 2.24) is 0 Å². The van der Waals surface area contributed by atoms with E-state index in [0.717, 1.165) is 0 Å². The molecule has 0 aliphatic rings. The maximum absolute atomic E-state index is 10.5. The molecule has 0 radical (unpaired) electrons. The topological polar surface area (TPSA) is 26.3 Å². The Hall–Kier alpha value is -0.540. The minimum Gasteiger partial charge on any atom is -1.00 e. The molecule has 0 unspecified atom stereocenters. The highest BCUT2D eigenvalue weighted by Gasteiger charge is 2.01. The summed E-state index contributed by atoms with van der Waals surface area (Å²) in [6.45, 7) is 0. The van der Waals surface area contributed by atoms with Crippen LogP contribution in [0.2, 0.25) is 0 Å². The van der Waals surface area contributed by atoms with Gasteiger partial charge in [0.1, 0.15) is 6.20 Å². The van der Waals surface area contributed by atoms with E-state index in [-0.39, 0.29) is 18.4 Å². The summed E-state index contributed by atoms with van der Waals surface area (Å²) in [7, 11) is 7.24. The summed E-state index contributed by atoms with van der Waals surface area (Å²) in [6.07, 6.45) is 3.17. The van der Waals surface area contributed by atoms with Gasteiger partial charge < -0.3 is 21.6 Å². The first-order valence-electron chi connectivity index (χ1n) is 3.04. The van der Waals surface area contributed by atoms with Crippen LogP contribution < -0.4 is 12.4 Å². The number of hydrogen-bond donors (Lipinski definition) is 0. The van der Waals surface area contributed by atoms with Gasteiger partial charge in [-0.15, -0.1) is 0 Å². The van der Waals surface area contributed by atoms with Crippen molar-refractivity contribution in [3.63, 3.8) is 0 Å². The SMILES string of the molecule is COC(=O)/C=C\[N+](C)(C)C.[Cl-]. The van der Waals surface area contributed by atoms with Crippen LogP contribution in [0.3, 0.4) is 0 Å². The number of quaternary nitrogens is 1. The van der Waals surface area contributed by atoms with Crippen LogP contribution in [0.25, 0.3) is 0 Å². The summed E-state index contributed by atoms with van der Waals surface area (Å²) in [5.74, 6) is -0.312. The molecule has 3 nitrogen and oxygen atoms in total. The minimum absolute atomic E-state index is 0. The van der Waals surface area contributed by atoms with Gasteiger partial charge in [0, 0.05) is 0 Å². The zero-order valence-electron chi connectivity index (χ0n) is 7.30. The Morgan fingerprint density at radius 2 is 1.82 bits per heavy atom. The second-order valence-electron chi connectivity index (χ2n) is 2.96. The van der Waals surface area contributed by atoms with E-state index in [1.54, 1.807) is 6.20 Å². The van der Waals surface area contributed by atoms with Crippen molar-refractivity contribution in [2.24, 2.45) is 0 Å². The molecule has 0 saturated heterocycles. The van der Waals surface area contributed by atoms with E-state index in [4.69, 9.17) is 0 Å². The monoisotopic (exact) mass is 179 g/mol. The summed E-state index contributed by atoms with van der Waals surface area (Å²) < 4.78 is 5.03. The highest BCUT2D eigenvalue weighted by molar-refractivity contribution is 5.81. The van der Waals surface area contributed by atoms with Crippen LogP contribution in [0.5, 0.6) is 0 Å². The number of esters is 1. The summed E-state index contributed by atoms with van der Waals surface area (Å²) >= 11 is 0. The molecule has 0 N–H and O–H groups in total. The van der Waals surface area contributed by atoms with Gasteiger partial charge in [0.05, 0.1) is 34.3 Å². The molecule has 0 rings (SSSR count). The fourth-order valence-corrected chi connectivity index (χ4v) is 0.353. The Morgan fingerprint density at radius 1 is 1.36 bits per heavy atom. The van der Waals surface area contributed by atoms with Crippen LogP contribution >= 0.6 is 0 Å². The lowest BCUT2D eigenvalue weighted by atomic mass is 10.5. The smallest absolute Gasteiger partial charge is 0.335 e. The van der Waals surface area contributed by atoms with Crippen molar-refractivity contribution >= 4 is 5.97 Å². The van der Waals surface area contributed by atoms with Crippen molar-refractivity contribution < 1.29 is 26.4 Å². The van der Waals surface area contributed by atoms with Gasteiger partial charge in [0.2, 0.25) is 0 Å². The molecule has 0 amide bonds. The van der Waals surface area contributed by atoms with Gasteiger partial charge in [0.25, 0.3) is 0 Å². The van der Waals surface area contributed by atoms with Crippen LogP contribution in [0, 0.1) is 0 Å². The van der Waals surface area contributed by atoms with Crippen LogP contribution in [0.15, 0.2) is 12.3 Å². The molecule has 4 heteroatoms. The Labute approximate surface area is 73.6 Å². The molecule has 0 aromatic carbocycles. The highest BCUT2D eigenvalue weighted by atomic mass is 35.5. The highest BCUT2D eigenvalue weighted by Crippen LogP contribution is 1.91. The molecule has 0 fully saturated rings. The number of hydrogen-bond acceptors (Lipinski definition) is 2. The maximum Gasteiger partial charge on any atom is 0.335 e. The van der Waals surface area contributed by atoms with Gasteiger partial charge in [-0.2, -0.15) is 0 Å². The van der Waals surface area contributed by atoms with Crippen molar-refractivity contribution in [2.45, 2.75) is 0 Å². The molecule has 0 saturated carbocycles. The van der Waals surface area contributed by atoms with Gasteiger partial charge >= 0.3 is 5.97 Å². The number of methoxy groups -OCH3 is 1. The quantitative estimate of drug-likeness (QED) is 0.264. The standard InChI is InChI=1S/C7H14NO2.ClH/c1-8(2,3)6-5-7(9)10-4;/h5-6H,1-4H3;1H/q+1;/p-1/b6-5-;. The first kappa shape index (κ1) is 13.1. The lowest BCUT2D eigenvalue weighted by molar-refractivity contribution is -0.817. The molecule has 0 aromatic heterocycles. The Bertz CT molecular complexity index is 149. The molecular formula is C7H14ClNO2. The first-order chi connectivity index (χ1) is 4.45. The largest absolute Gasteiger partial charge is 1.00 e. The van der Waals surface area contributed by atoms with E-state index in [0.29, 0.717) is 4.48 Å². The fraction of sp³-hybridized carbons (Fsp3) is 0.571. The number of carbonyl (C=O) groups is 1. The molecule has 0 bridgehead atoms. The van der Waals surface area contributed by atoms with E-state index in [1.807, 2.05) is 21.1 Å². The van der Waals surface area contributed by atoms with E-state index >= 15 is 0 Å². The van der Waals surface area contributed by atoms with Gasteiger partial charge in [-0.3, -0.25) is 0 Å². The van der Waals surface area contributed by atoms with Crippen molar-refractivity contribution in [1.29, 1.82) is 0 Å². The van der Waals surface area contributed by atoms with E-state index in [1.165, 1.54) is 13.2 Å². The Kier molecular flexibility index (Phi) is 6.13. The molecule has 0 heterocycles. The number of halogens is 1.